The van der Waals surface area contributed by atoms with Crippen LogP contribution < -0.4 is 5.32 Å². The minimum absolute atomic E-state index is 0.0569. The highest BCUT2D eigenvalue weighted by Gasteiger charge is 2.20. The normalized spacial score (nSPS) is 11.6. The number of methoxy groups -OCH3 is 1. The van der Waals surface area contributed by atoms with Gasteiger partial charge in [-0.15, -0.1) is 0 Å². The predicted molar refractivity (Wildman–Crippen MR) is 71.4 cm³/mol. The van der Waals surface area contributed by atoms with E-state index in [1.165, 1.54) is 14.0 Å². The minimum atomic E-state index is -0.838. The van der Waals surface area contributed by atoms with E-state index in [1.807, 2.05) is 0 Å². The van der Waals surface area contributed by atoms with E-state index in [1.54, 1.807) is 6.92 Å². The van der Waals surface area contributed by atoms with Crippen LogP contribution in [0.2, 0.25) is 0 Å². The third-order valence-electron chi connectivity index (χ3n) is 2.85. The van der Waals surface area contributed by atoms with Crippen molar-refractivity contribution in [1.29, 1.82) is 0 Å². The zero-order valence-electron chi connectivity index (χ0n) is 11.8. The number of hydrogen-bond acceptors (Lipinski definition) is 5. The van der Waals surface area contributed by atoms with Crippen LogP contribution in [0.5, 0.6) is 0 Å². The average molecular weight is 298 g/mol. The number of carbonyl (C=O) groups excluding carboxylic acids is 2. The molecule has 1 amide bonds. The lowest BCUT2D eigenvalue weighted by Gasteiger charge is -2.13. The number of halogens is 1. The van der Waals surface area contributed by atoms with Crippen molar-refractivity contribution in [3.63, 3.8) is 0 Å². The molecule has 7 nitrogen and oxygen atoms in total. The van der Waals surface area contributed by atoms with Crippen molar-refractivity contribution in [2.75, 3.05) is 7.11 Å². The fraction of sp³-hybridized carbons (Fsp3) is 0.385. The van der Waals surface area contributed by atoms with Crippen molar-refractivity contribution in [3.05, 3.63) is 39.2 Å². The first kappa shape index (κ1) is 16.5. The second-order valence-electron chi connectivity index (χ2n) is 4.51. The second kappa shape index (κ2) is 6.78. The van der Waals surface area contributed by atoms with Gasteiger partial charge in [-0.25, -0.2) is 4.39 Å². The van der Waals surface area contributed by atoms with E-state index >= 15 is 0 Å². The lowest BCUT2D eigenvalue weighted by atomic mass is 10.1. The quantitative estimate of drug-likeness (QED) is 0.507. The number of benzene rings is 1. The summed E-state index contributed by atoms with van der Waals surface area (Å²) in [6.45, 7) is 2.82. The Morgan fingerprint density at radius 1 is 1.48 bits per heavy atom. The number of amides is 1. The number of hydrogen-bond donors (Lipinski definition) is 1. The molecular weight excluding hydrogens is 283 g/mol. The van der Waals surface area contributed by atoms with Crippen LogP contribution >= 0.6 is 0 Å². The zero-order chi connectivity index (χ0) is 16.2. The Morgan fingerprint density at radius 2 is 2.10 bits per heavy atom. The van der Waals surface area contributed by atoms with Crippen LogP contribution in [0.3, 0.4) is 0 Å². The van der Waals surface area contributed by atoms with Crippen molar-refractivity contribution in [2.24, 2.45) is 0 Å². The third kappa shape index (κ3) is 4.23. The summed E-state index contributed by atoms with van der Waals surface area (Å²) >= 11 is 0. The van der Waals surface area contributed by atoms with Gasteiger partial charge in [0, 0.05) is 17.7 Å². The highest BCUT2D eigenvalue weighted by atomic mass is 19.1. The average Bonchev–Trinajstić information content (AvgIpc) is 2.40. The summed E-state index contributed by atoms with van der Waals surface area (Å²) in [4.78, 5) is 33.0. The van der Waals surface area contributed by atoms with Crippen molar-refractivity contribution < 1.29 is 23.6 Å². The second-order valence-corrected chi connectivity index (χ2v) is 4.51. The first-order chi connectivity index (χ1) is 9.76. The Balaban J connectivity index is 2.93. The minimum Gasteiger partial charge on any atom is -0.469 e. The Bertz CT molecular complexity index is 588. The smallest absolute Gasteiger partial charge is 0.307 e. The highest BCUT2D eigenvalue weighted by Crippen LogP contribution is 2.22. The number of nitrogens with zero attached hydrogens (tertiary/aromatic N) is 1. The number of nitro groups is 1. The molecule has 114 valence electrons. The molecule has 1 aromatic rings. The molecule has 0 bridgehead atoms. The van der Waals surface area contributed by atoms with Crippen LogP contribution in [-0.4, -0.2) is 30.0 Å². The zero-order valence-corrected chi connectivity index (χ0v) is 11.8. The first-order valence-corrected chi connectivity index (χ1v) is 6.08. The van der Waals surface area contributed by atoms with Crippen LogP contribution in [0.15, 0.2) is 12.1 Å². The highest BCUT2D eigenvalue weighted by molar-refractivity contribution is 5.95. The van der Waals surface area contributed by atoms with Gasteiger partial charge in [0.1, 0.15) is 5.82 Å². The van der Waals surface area contributed by atoms with E-state index in [4.69, 9.17) is 0 Å². The molecule has 1 atom stereocenters. The van der Waals surface area contributed by atoms with Gasteiger partial charge >= 0.3 is 5.97 Å². The Morgan fingerprint density at radius 3 is 2.62 bits per heavy atom. The molecule has 1 N–H and O–H groups in total. The molecule has 0 fully saturated rings. The van der Waals surface area contributed by atoms with Crippen LogP contribution in [0.4, 0.5) is 10.1 Å². The van der Waals surface area contributed by atoms with Gasteiger partial charge in [0.15, 0.2) is 0 Å². The third-order valence-corrected chi connectivity index (χ3v) is 2.85. The van der Waals surface area contributed by atoms with Crippen molar-refractivity contribution in [3.8, 4) is 0 Å². The van der Waals surface area contributed by atoms with E-state index in [0.717, 1.165) is 12.1 Å². The Kier molecular flexibility index (Phi) is 5.34. The lowest BCUT2D eigenvalue weighted by Crippen LogP contribution is -2.34. The predicted octanol–water partition coefficient (Wildman–Crippen LogP) is 1.72. The molecule has 0 aromatic heterocycles. The maximum atomic E-state index is 13.6. The molecule has 0 spiro atoms. The molecule has 8 heteroatoms. The number of carbonyl (C=O) groups is 2. The summed E-state index contributed by atoms with van der Waals surface area (Å²) in [6, 6.07) is 1.37. The summed E-state index contributed by atoms with van der Waals surface area (Å²) in [6.07, 6.45) is -0.0569. The van der Waals surface area contributed by atoms with Crippen LogP contribution in [0.1, 0.15) is 29.3 Å². The van der Waals surface area contributed by atoms with Gasteiger partial charge in [-0.05, 0) is 19.9 Å². The molecule has 1 rings (SSSR count). The van der Waals surface area contributed by atoms with Crippen LogP contribution in [0.25, 0.3) is 0 Å². The van der Waals surface area contributed by atoms with E-state index in [2.05, 4.69) is 10.1 Å². The SMILES string of the molecule is COC(=O)CC(C)NC(=O)c1cc(F)c(C)c([N+](=O)[O-])c1. The monoisotopic (exact) mass is 298 g/mol. The summed E-state index contributed by atoms with van der Waals surface area (Å²) in [5, 5.41) is 13.2. The van der Waals surface area contributed by atoms with Gasteiger partial charge in [-0.2, -0.15) is 0 Å². The fourth-order valence-electron chi connectivity index (χ4n) is 1.68. The molecule has 0 saturated heterocycles. The van der Waals surface area contributed by atoms with Crippen molar-refractivity contribution in [2.45, 2.75) is 26.3 Å². The molecule has 0 saturated carbocycles. The topological polar surface area (TPSA) is 98.5 Å². The van der Waals surface area contributed by atoms with Gasteiger partial charge < -0.3 is 10.1 Å². The van der Waals surface area contributed by atoms with Crippen molar-refractivity contribution >= 4 is 17.6 Å². The van der Waals surface area contributed by atoms with E-state index in [9.17, 15) is 24.1 Å². The summed E-state index contributed by atoms with van der Waals surface area (Å²) in [5.74, 6) is -2.05. The van der Waals surface area contributed by atoms with Crippen molar-refractivity contribution in [1.82, 2.24) is 5.32 Å². The molecule has 0 aliphatic rings. The lowest BCUT2D eigenvalue weighted by molar-refractivity contribution is -0.385. The molecule has 0 aliphatic heterocycles. The molecule has 0 heterocycles. The first-order valence-electron chi connectivity index (χ1n) is 6.08. The van der Waals surface area contributed by atoms with Crippen LogP contribution in [0, 0.1) is 22.9 Å². The van der Waals surface area contributed by atoms with Gasteiger partial charge in [0.2, 0.25) is 0 Å². The summed E-state index contributed by atoms with van der Waals surface area (Å²) in [7, 11) is 1.22. The fourth-order valence-corrected chi connectivity index (χ4v) is 1.68. The van der Waals surface area contributed by atoms with E-state index in [-0.39, 0.29) is 17.5 Å². The van der Waals surface area contributed by atoms with Gasteiger partial charge in [-0.1, -0.05) is 0 Å². The molecular formula is C13H15FN2O5. The molecule has 1 aromatic carbocycles. The maximum absolute atomic E-state index is 13.6. The number of ether oxygens (including phenoxy) is 1. The number of esters is 1. The molecule has 0 radical (unpaired) electrons. The largest absolute Gasteiger partial charge is 0.469 e. The van der Waals surface area contributed by atoms with Crippen LogP contribution in [-0.2, 0) is 9.53 Å². The van der Waals surface area contributed by atoms with Gasteiger partial charge in [-0.3, -0.25) is 19.7 Å². The Labute approximate surface area is 120 Å². The number of nitrogens with one attached hydrogen (secondary N) is 1. The summed E-state index contributed by atoms with van der Waals surface area (Å²) in [5.41, 5.74) is -0.790. The molecule has 0 aliphatic carbocycles. The van der Waals surface area contributed by atoms with E-state index < -0.39 is 34.3 Å². The van der Waals surface area contributed by atoms with Gasteiger partial charge in [0.05, 0.1) is 24.0 Å². The number of rotatable bonds is 5. The standard InChI is InChI=1S/C13H15FN2O5/c1-7(4-12(17)21-3)15-13(18)9-5-10(14)8(2)11(6-9)16(19)20/h5-7H,4H2,1-3H3,(H,15,18). The van der Waals surface area contributed by atoms with E-state index in [0.29, 0.717) is 0 Å². The Hall–Kier alpha value is -2.51. The molecule has 21 heavy (non-hydrogen) atoms. The molecule has 1 unspecified atom stereocenters. The maximum Gasteiger partial charge on any atom is 0.307 e. The number of nitro benzene ring substituents is 1. The van der Waals surface area contributed by atoms with Gasteiger partial charge in [0.25, 0.3) is 11.6 Å². The summed E-state index contributed by atoms with van der Waals surface area (Å²) < 4.78 is 18.1.